The first-order chi connectivity index (χ1) is 14.9. The first-order valence-electron chi connectivity index (χ1n) is 10.9. The van der Waals surface area contributed by atoms with Crippen LogP contribution in [0.2, 0.25) is 0 Å². The zero-order valence-corrected chi connectivity index (χ0v) is 18.9. The van der Waals surface area contributed by atoms with E-state index in [1.54, 1.807) is 12.1 Å². The highest BCUT2D eigenvalue weighted by Crippen LogP contribution is 2.33. The van der Waals surface area contributed by atoms with Crippen LogP contribution in [0.1, 0.15) is 63.3 Å². The second-order valence-electron chi connectivity index (χ2n) is 8.41. The van der Waals surface area contributed by atoms with Crippen molar-refractivity contribution in [2.24, 2.45) is 0 Å². The standard InChI is InChI=1S/C24H29N3O3S/c1-18(2)27(17-23-25-26-24(30-23)21-11-7-4-8-12-21)31(28,29)22-15-13-20(14-16-22)19-9-5-3-6-10-19/h4,7-8,11-16,18-19H,3,5-6,9-10,17H2,1-2H3. The number of hydrogen-bond donors (Lipinski definition) is 0. The van der Waals surface area contributed by atoms with Crippen LogP contribution in [0.25, 0.3) is 11.5 Å². The zero-order valence-electron chi connectivity index (χ0n) is 18.1. The predicted molar refractivity (Wildman–Crippen MR) is 120 cm³/mol. The molecule has 0 bridgehead atoms. The van der Waals surface area contributed by atoms with Crippen LogP contribution in [0.4, 0.5) is 0 Å². The molecule has 0 radical (unpaired) electrons. The third-order valence-corrected chi connectivity index (χ3v) is 7.95. The van der Waals surface area contributed by atoms with E-state index in [4.69, 9.17) is 4.42 Å². The zero-order chi connectivity index (χ0) is 21.8. The molecule has 0 unspecified atom stereocenters. The monoisotopic (exact) mass is 439 g/mol. The molecule has 1 saturated carbocycles. The van der Waals surface area contributed by atoms with E-state index in [1.165, 1.54) is 42.0 Å². The molecule has 2 aromatic carbocycles. The van der Waals surface area contributed by atoms with Crippen LogP contribution in [0.3, 0.4) is 0 Å². The lowest BCUT2D eigenvalue weighted by Crippen LogP contribution is -2.36. The van der Waals surface area contributed by atoms with Gasteiger partial charge in [-0.25, -0.2) is 8.42 Å². The molecule has 3 aromatic rings. The topological polar surface area (TPSA) is 76.3 Å². The van der Waals surface area contributed by atoms with Crippen molar-refractivity contribution in [3.63, 3.8) is 0 Å². The van der Waals surface area contributed by atoms with Crippen molar-refractivity contribution in [3.05, 3.63) is 66.1 Å². The number of aromatic nitrogens is 2. The van der Waals surface area contributed by atoms with Crippen LogP contribution in [0, 0.1) is 0 Å². The lowest BCUT2D eigenvalue weighted by molar-refractivity contribution is 0.313. The Morgan fingerprint density at radius 2 is 1.65 bits per heavy atom. The molecule has 164 valence electrons. The highest BCUT2D eigenvalue weighted by molar-refractivity contribution is 7.89. The summed E-state index contributed by atoms with van der Waals surface area (Å²) in [6.07, 6.45) is 6.17. The largest absolute Gasteiger partial charge is 0.419 e. The van der Waals surface area contributed by atoms with Gasteiger partial charge in [0.25, 0.3) is 0 Å². The van der Waals surface area contributed by atoms with Gasteiger partial charge in [-0.2, -0.15) is 4.31 Å². The molecular formula is C24H29N3O3S. The second kappa shape index (κ2) is 9.32. The Labute approximate surface area is 184 Å². The molecule has 1 heterocycles. The summed E-state index contributed by atoms with van der Waals surface area (Å²) in [5.41, 5.74) is 2.04. The Balaban J connectivity index is 1.54. The fourth-order valence-electron chi connectivity index (χ4n) is 4.18. The molecule has 0 saturated heterocycles. The minimum absolute atomic E-state index is 0.0320. The Bertz CT molecular complexity index is 1090. The number of rotatable bonds is 7. The van der Waals surface area contributed by atoms with Crippen LogP contribution in [0.5, 0.6) is 0 Å². The highest BCUT2D eigenvalue weighted by atomic mass is 32.2. The maximum absolute atomic E-state index is 13.4. The van der Waals surface area contributed by atoms with Crippen LogP contribution in [-0.2, 0) is 16.6 Å². The summed E-state index contributed by atoms with van der Waals surface area (Å²) >= 11 is 0. The lowest BCUT2D eigenvalue weighted by Gasteiger charge is -2.25. The molecule has 0 amide bonds. The minimum Gasteiger partial charge on any atom is -0.419 e. The summed E-state index contributed by atoms with van der Waals surface area (Å²) < 4.78 is 33.9. The molecule has 4 rings (SSSR count). The van der Waals surface area contributed by atoms with Crippen LogP contribution < -0.4 is 0 Å². The summed E-state index contributed by atoms with van der Waals surface area (Å²) in [4.78, 5) is 0.295. The Kier molecular flexibility index (Phi) is 6.53. The maximum atomic E-state index is 13.4. The Morgan fingerprint density at radius 1 is 0.968 bits per heavy atom. The Morgan fingerprint density at radius 3 is 2.29 bits per heavy atom. The molecular weight excluding hydrogens is 410 g/mol. The first-order valence-corrected chi connectivity index (χ1v) is 12.4. The van der Waals surface area contributed by atoms with Gasteiger partial charge < -0.3 is 4.42 Å². The molecule has 0 spiro atoms. The van der Waals surface area contributed by atoms with Gasteiger partial charge in [-0.3, -0.25) is 0 Å². The van der Waals surface area contributed by atoms with Gasteiger partial charge in [0.15, 0.2) is 0 Å². The predicted octanol–water partition coefficient (Wildman–Crippen LogP) is 5.38. The summed E-state index contributed by atoms with van der Waals surface area (Å²) in [7, 11) is -3.70. The van der Waals surface area contributed by atoms with Gasteiger partial charge in [-0.05, 0) is 62.4 Å². The molecule has 1 fully saturated rings. The van der Waals surface area contributed by atoms with Gasteiger partial charge in [0.2, 0.25) is 21.8 Å². The van der Waals surface area contributed by atoms with E-state index in [9.17, 15) is 8.42 Å². The first kappa shape index (κ1) is 21.7. The van der Waals surface area contributed by atoms with Crippen LogP contribution in [-0.4, -0.2) is 29.0 Å². The molecule has 0 N–H and O–H groups in total. The van der Waals surface area contributed by atoms with Crippen molar-refractivity contribution >= 4 is 10.0 Å². The normalized spacial score (nSPS) is 15.6. The number of sulfonamides is 1. The van der Waals surface area contributed by atoms with E-state index in [1.807, 2.05) is 56.3 Å². The molecule has 7 heteroatoms. The smallest absolute Gasteiger partial charge is 0.247 e. The molecule has 31 heavy (non-hydrogen) atoms. The Hall–Kier alpha value is -2.51. The van der Waals surface area contributed by atoms with E-state index >= 15 is 0 Å². The fraction of sp³-hybridized carbons (Fsp3) is 0.417. The fourth-order valence-corrected chi connectivity index (χ4v) is 5.76. The van der Waals surface area contributed by atoms with Crippen molar-refractivity contribution < 1.29 is 12.8 Å². The van der Waals surface area contributed by atoms with Gasteiger partial charge >= 0.3 is 0 Å². The lowest BCUT2D eigenvalue weighted by atomic mass is 9.84. The second-order valence-corrected chi connectivity index (χ2v) is 10.3. The minimum atomic E-state index is -3.70. The maximum Gasteiger partial charge on any atom is 0.247 e. The summed E-state index contributed by atoms with van der Waals surface area (Å²) in [5, 5.41) is 8.15. The third-order valence-electron chi connectivity index (χ3n) is 5.92. The number of benzene rings is 2. The number of nitrogens with zero attached hydrogens (tertiary/aromatic N) is 3. The molecule has 1 aliphatic carbocycles. The summed E-state index contributed by atoms with van der Waals surface area (Å²) in [5.74, 6) is 1.20. The SMILES string of the molecule is CC(C)N(Cc1nnc(-c2ccccc2)o1)S(=O)(=O)c1ccc(C2CCCCC2)cc1. The summed E-state index contributed by atoms with van der Waals surface area (Å²) in [6.45, 7) is 3.73. The molecule has 1 aromatic heterocycles. The van der Waals surface area contributed by atoms with E-state index in [2.05, 4.69) is 10.2 Å². The van der Waals surface area contributed by atoms with Crippen molar-refractivity contribution in [2.45, 2.75) is 69.4 Å². The van der Waals surface area contributed by atoms with E-state index in [0.717, 1.165) is 5.56 Å². The van der Waals surface area contributed by atoms with Crippen molar-refractivity contribution in [1.29, 1.82) is 0 Å². The van der Waals surface area contributed by atoms with Crippen LogP contribution in [0.15, 0.2) is 63.9 Å². The van der Waals surface area contributed by atoms with Crippen molar-refractivity contribution in [1.82, 2.24) is 14.5 Å². The van der Waals surface area contributed by atoms with Gasteiger partial charge in [0, 0.05) is 11.6 Å². The average molecular weight is 440 g/mol. The van der Waals surface area contributed by atoms with E-state index in [0.29, 0.717) is 16.7 Å². The molecule has 0 aliphatic heterocycles. The van der Waals surface area contributed by atoms with Gasteiger partial charge in [-0.15, -0.1) is 10.2 Å². The van der Waals surface area contributed by atoms with E-state index in [-0.39, 0.29) is 18.5 Å². The van der Waals surface area contributed by atoms with Crippen molar-refractivity contribution in [2.75, 3.05) is 0 Å². The molecule has 0 atom stereocenters. The number of hydrogen-bond acceptors (Lipinski definition) is 5. The quantitative estimate of drug-likeness (QED) is 0.494. The van der Waals surface area contributed by atoms with Crippen LogP contribution >= 0.6 is 0 Å². The van der Waals surface area contributed by atoms with Crippen molar-refractivity contribution in [3.8, 4) is 11.5 Å². The van der Waals surface area contributed by atoms with E-state index < -0.39 is 10.0 Å². The average Bonchev–Trinajstić information content (AvgIpc) is 3.27. The van der Waals surface area contributed by atoms with Gasteiger partial charge in [-0.1, -0.05) is 49.6 Å². The third kappa shape index (κ3) is 4.88. The van der Waals surface area contributed by atoms with Gasteiger partial charge in [0.1, 0.15) is 0 Å². The highest BCUT2D eigenvalue weighted by Gasteiger charge is 2.29. The molecule has 6 nitrogen and oxygen atoms in total. The summed E-state index contributed by atoms with van der Waals surface area (Å²) in [6, 6.07) is 16.6. The van der Waals surface area contributed by atoms with Gasteiger partial charge in [0.05, 0.1) is 11.4 Å². The molecule has 1 aliphatic rings.